The molecule has 5 aliphatic carbocycles. The van der Waals surface area contributed by atoms with Crippen LogP contribution in [0.4, 0.5) is 28.4 Å². The summed E-state index contributed by atoms with van der Waals surface area (Å²) in [6.45, 7) is 4.39. The summed E-state index contributed by atoms with van der Waals surface area (Å²) in [7, 11) is 0. The van der Waals surface area contributed by atoms with Crippen LogP contribution in [0.2, 0.25) is 0 Å². The third-order valence-corrected chi connectivity index (χ3v) is 16.6. The molecule has 0 saturated heterocycles. The van der Waals surface area contributed by atoms with Crippen molar-refractivity contribution in [1.29, 1.82) is 0 Å². The van der Waals surface area contributed by atoms with E-state index in [4.69, 9.17) is 0 Å². The van der Waals surface area contributed by atoms with E-state index in [-0.39, 0.29) is 5.92 Å². The van der Waals surface area contributed by atoms with Gasteiger partial charge < -0.3 is 9.80 Å². The van der Waals surface area contributed by atoms with Crippen molar-refractivity contribution in [2.24, 2.45) is 11.8 Å². The van der Waals surface area contributed by atoms with Crippen LogP contribution >= 0.6 is 0 Å². The lowest BCUT2D eigenvalue weighted by atomic mass is 9.64. The second-order valence-electron chi connectivity index (χ2n) is 20.5. The maximum absolute atomic E-state index is 2.53. The fraction of sp³-hybridized carbons (Fsp3) is 0.0704. The Hall–Kier alpha value is -8.98. The van der Waals surface area contributed by atoms with Crippen LogP contribution in [0.15, 0.2) is 283 Å². The summed E-state index contributed by atoms with van der Waals surface area (Å²) in [5.74, 6) is 0.545. The molecule has 2 unspecified atom stereocenters. The smallest absolute Gasteiger partial charge is 0.0715 e. The number of allylic oxidation sites excluding steroid dienone is 13. The van der Waals surface area contributed by atoms with Crippen molar-refractivity contribution in [1.82, 2.24) is 0 Å². The fourth-order valence-electron chi connectivity index (χ4n) is 13.3. The molecular weight excluding hydrogens is 881 g/mol. The second kappa shape index (κ2) is 16.0. The third-order valence-electron chi connectivity index (χ3n) is 16.6. The molecule has 0 radical (unpaired) electrons. The molecule has 73 heavy (non-hydrogen) atoms. The number of para-hydroxylation sites is 2. The average molecular weight is 931 g/mol. The van der Waals surface area contributed by atoms with Gasteiger partial charge in [0.05, 0.1) is 11.1 Å². The van der Waals surface area contributed by atoms with Gasteiger partial charge in [-0.15, -0.1) is 0 Å². The van der Waals surface area contributed by atoms with E-state index < -0.39 is 5.41 Å². The Morgan fingerprint density at radius 1 is 0.384 bits per heavy atom. The first-order valence-corrected chi connectivity index (χ1v) is 25.7. The van der Waals surface area contributed by atoms with Gasteiger partial charge in [-0.3, -0.25) is 0 Å². The van der Waals surface area contributed by atoms with Crippen LogP contribution < -0.4 is 9.80 Å². The lowest BCUT2D eigenvalue weighted by Gasteiger charge is -2.43. The van der Waals surface area contributed by atoms with Gasteiger partial charge in [0.1, 0.15) is 0 Å². The lowest BCUT2D eigenvalue weighted by molar-refractivity contribution is 0.556. The van der Waals surface area contributed by atoms with E-state index in [2.05, 4.69) is 279 Å². The number of hydrogen-bond acceptors (Lipinski definition) is 2. The predicted molar refractivity (Wildman–Crippen MR) is 306 cm³/mol. The third kappa shape index (κ3) is 6.17. The van der Waals surface area contributed by atoms with E-state index in [9.17, 15) is 0 Å². The van der Waals surface area contributed by atoms with Crippen LogP contribution in [0.25, 0.3) is 43.4 Å². The van der Waals surface area contributed by atoms with Crippen molar-refractivity contribution in [2.75, 3.05) is 9.80 Å². The Kier molecular flexibility index (Phi) is 9.16. The SMILES string of the molecule is Cc1ccc(C2(c3ccc(C)cc3)c3cc(N(C4=CC=C5C=CC6=CC=CC7=CC=C4C5C67)c4ccccc4)ccc3-c3ccc(N(c4ccccc4)c4ccc5ccc6cccc7ccc4c5c67)cc32)cc1. The Morgan fingerprint density at radius 2 is 0.918 bits per heavy atom. The number of nitrogens with zero attached hydrogens (tertiary/aromatic N) is 2. The monoisotopic (exact) mass is 930 g/mol. The topological polar surface area (TPSA) is 6.48 Å². The molecule has 0 saturated carbocycles. The summed E-state index contributed by atoms with van der Waals surface area (Å²) < 4.78 is 0. The van der Waals surface area contributed by atoms with Gasteiger partial charge >= 0.3 is 0 Å². The summed E-state index contributed by atoms with van der Waals surface area (Å²) >= 11 is 0. The van der Waals surface area contributed by atoms with E-state index in [1.807, 2.05) is 0 Å². The van der Waals surface area contributed by atoms with E-state index in [1.165, 1.54) is 105 Å². The molecule has 15 rings (SSSR count). The molecule has 5 aliphatic rings. The standard InChI is InChI=1S/C71H50N2/c1-45-19-31-53(32-20-45)71(54-33-21-46(2)22-34-54)63-43-57(72(55-15-5-3-6-16-55)65-41-29-51-25-23-47-11-9-13-49-27-37-61(65)69(51)67(47)49)35-39-59(63)60-40-36-58(44-64(60)71)73(56-17-7-4-8-18-56)66-42-30-52-26-24-48-12-10-14-50-28-38-62(66)70(52)68(48)50/h3-44,67,69H,1-2H3. The summed E-state index contributed by atoms with van der Waals surface area (Å²) in [5.41, 5.74) is 21.7. The largest absolute Gasteiger partial charge is 0.310 e. The molecule has 344 valence electrons. The van der Waals surface area contributed by atoms with Gasteiger partial charge in [-0.05, 0) is 157 Å². The molecule has 2 nitrogen and oxygen atoms in total. The van der Waals surface area contributed by atoms with Crippen molar-refractivity contribution in [2.45, 2.75) is 19.3 Å². The highest BCUT2D eigenvalue weighted by atomic mass is 15.2. The van der Waals surface area contributed by atoms with Crippen LogP contribution in [0.1, 0.15) is 33.4 Å². The molecular formula is C71H50N2. The van der Waals surface area contributed by atoms with Crippen LogP contribution in [0.3, 0.4) is 0 Å². The van der Waals surface area contributed by atoms with Gasteiger partial charge in [-0.1, -0.05) is 205 Å². The molecule has 2 heteroatoms. The maximum Gasteiger partial charge on any atom is 0.0715 e. The summed E-state index contributed by atoms with van der Waals surface area (Å²) in [5, 5.41) is 7.64. The molecule has 0 amide bonds. The minimum absolute atomic E-state index is 0.240. The molecule has 0 fully saturated rings. The second-order valence-corrected chi connectivity index (χ2v) is 20.5. The number of anilines is 5. The molecule has 0 bridgehead atoms. The normalized spacial score (nSPS) is 17.6. The summed E-state index contributed by atoms with van der Waals surface area (Å²) in [6.07, 6.45) is 21.0. The molecule has 10 aromatic carbocycles. The van der Waals surface area contributed by atoms with E-state index in [1.54, 1.807) is 0 Å². The summed E-state index contributed by atoms with van der Waals surface area (Å²) in [4.78, 5) is 5.01. The quantitative estimate of drug-likeness (QED) is 0.140. The summed E-state index contributed by atoms with van der Waals surface area (Å²) in [6, 6.07) is 75.7. The van der Waals surface area contributed by atoms with Gasteiger partial charge in [0, 0.05) is 45.7 Å². The van der Waals surface area contributed by atoms with Gasteiger partial charge in [0.25, 0.3) is 0 Å². The Labute approximate surface area is 426 Å². The highest BCUT2D eigenvalue weighted by Gasteiger charge is 2.48. The Bertz CT molecular complexity index is 4080. The first kappa shape index (κ1) is 41.8. The van der Waals surface area contributed by atoms with Crippen molar-refractivity contribution in [3.8, 4) is 11.1 Å². The van der Waals surface area contributed by atoms with Gasteiger partial charge in [0.2, 0.25) is 0 Å². The van der Waals surface area contributed by atoms with Crippen molar-refractivity contribution in [3.05, 3.63) is 316 Å². The predicted octanol–water partition coefficient (Wildman–Crippen LogP) is 18.2. The van der Waals surface area contributed by atoms with E-state index in [0.29, 0.717) is 5.92 Å². The highest BCUT2D eigenvalue weighted by molar-refractivity contribution is 6.25. The van der Waals surface area contributed by atoms with Gasteiger partial charge in [-0.25, -0.2) is 0 Å². The average Bonchev–Trinajstić information content (AvgIpc) is 3.75. The van der Waals surface area contributed by atoms with E-state index >= 15 is 0 Å². The van der Waals surface area contributed by atoms with Crippen LogP contribution in [-0.2, 0) is 5.41 Å². The molecule has 0 N–H and O–H groups in total. The maximum atomic E-state index is 2.53. The highest BCUT2D eigenvalue weighted by Crippen LogP contribution is 2.60. The van der Waals surface area contributed by atoms with Gasteiger partial charge in [-0.2, -0.15) is 0 Å². The number of fused-ring (bicyclic) bond motifs is 3. The number of benzene rings is 10. The number of rotatable bonds is 8. The van der Waals surface area contributed by atoms with Gasteiger partial charge in [0.15, 0.2) is 0 Å². The Morgan fingerprint density at radius 3 is 1.56 bits per heavy atom. The molecule has 0 aromatic heterocycles. The number of hydrogen-bond donors (Lipinski definition) is 0. The molecule has 2 atom stereocenters. The van der Waals surface area contributed by atoms with Crippen molar-refractivity contribution in [3.63, 3.8) is 0 Å². The van der Waals surface area contributed by atoms with Crippen molar-refractivity contribution < 1.29 is 0 Å². The van der Waals surface area contributed by atoms with Crippen LogP contribution in [0, 0.1) is 25.7 Å². The van der Waals surface area contributed by atoms with Crippen molar-refractivity contribution >= 4 is 60.8 Å². The first-order chi connectivity index (χ1) is 36.0. The minimum Gasteiger partial charge on any atom is -0.310 e. The zero-order valence-corrected chi connectivity index (χ0v) is 40.8. The zero-order valence-electron chi connectivity index (χ0n) is 40.8. The van der Waals surface area contributed by atoms with Crippen LogP contribution in [-0.4, -0.2) is 0 Å². The minimum atomic E-state index is -0.677. The molecule has 0 heterocycles. The Balaban J connectivity index is 0.979. The first-order valence-electron chi connectivity index (χ1n) is 25.7. The zero-order chi connectivity index (χ0) is 48.4. The molecule has 0 aliphatic heterocycles. The fourth-order valence-corrected chi connectivity index (χ4v) is 13.3. The van der Waals surface area contributed by atoms with E-state index in [0.717, 1.165) is 28.4 Å². The molecule has 10 aromatic rings. The lowest BCUT2D eigenvalue weighted by Crippen LogP contribution is -2.33. The number of aryl methyl sites for hydroxylation is 2. The van der Waals surface area contributed by atoms with Crippen LogP contribution in [0.5, 0.6) is 0 Å². The molecule has 0 spiro atoms.